The minimum Gasteiger partial charge on any atom is -0.478 e. The van der Waals surface area contributed by atoms with Crippen molar-refractivity contribution in [3.8, 4) is 11.1 Å². The summed E-state index contributed by atoms with van der Waals surface area (Å²) < 4.78 is 5.95. The molecule has 1 aliphatic carbocycles. The lowest BCUT2D eigenvalue weighted by Crippen LogP contribution is -2.44. The number of carboxylic acid groups (broad SMARTS) is 1. The number of para-hydroxylation sites is 1. The number of alkyl carbamates (subject to hydrolysis) is 1. The van der Waals surface area contributed by atoms with Crippen molar-refractivity contribution >= 4 is 39.6 Å². The van der Waals surface area contributed by atoms with Crippen LogP contribution in [0.3, 0.4) is 0 Å². The third-order valence-corrected chi connectivity index (χ3v) is 6.51. The predicted molar refractivity (Wildman–Crippen MR) is 132 cm³/mol. The molecule has 0 radical (unpaired) electrons. The van der Waals surface area contributed by atoms with Crippen LogP contribution in [0.5, 0.6) is 0 Å². The van der Waals surface area contributed by atoms with Gasteiger partial charge in [-0.2, -0.15) is 0 Å². The second kappa shape index (κ2) is 10.1. The Morgan fingerprint density at radius 3 is 2.18 bits per heavy atom. The van der Waals surface area contributed by atoms with Crippen LogP contribution in [0.1, 0.15) is 40.7 Å². The molecule has 3 aromatic rings. The highest BCUT2D eigenvalue weighted by Crippen LogP contribution is 2.44. The number of halogens is 1. The minimum atomic E-state index is -1.17. The van der Waals surface area contributed by atoms with Gasteiger partial charge in [-0.25, -0.2) is 9.59 Å². The molecule has 0 aromatic heterocycles. The number of hydrogen-bond acceptors (Lipinski definition) is 4. The Morgan fingerprint density at radius 1 is 0.971 bits per heavy atom. The summed E-state index contributed by atoms with van der Waals surface area (Å²) in [6.45, 7) is 1.87. The van der Waals surface area contributed by atoms with Crippen LogP contribution in [0.4, 0.5) is 10.5 Å². The Bertz CT molecular complexity index is 1210. The summed E-state index contributed by atoms with van der Waals surface area (Å²) in [5.41, 5.74) is 4.51. The number of rotatable bonds is 7. The first-order valence-electron chi connectivity index (χ1n) is 10.8. The number of amides is 2. The van der Waals surface area contributed by atoms with Gasteiger partial charge in [-0.05, 0) is 56.7 Å². The van der Waals surface area contributed by atoms with E-state index in [1.165, 1.54) is 6.07 Å². The summed E-state index contributed by atoms with van der Waals surface area (Å²) in [5.74, 6) is -1.80. The van der Waals surface area contributed by atoms with Gasteiger partial charge in [0.15, 0.2) is 0 Å². The maximum Gasteiger partial charge on any atom is 0.407 e. The molecule has 3 N–H and O–H groups in total. The molecule has 0 spiro atoms. The molecular formula is C26H23BrN2O5. The van der Waals surface area contributed by atoms with E-state index < -0.39 is 24.0 Å². The van der Waals surface area contributed by atoms with Crippen molar-refractivity contribution in [3.05, 3.63) is 87.9 Å². The molecule has 1 atom stereocenters. The Kier molecular flexibility index (Phi) is 6.98. The number of ether oxygens (including phenoxy) is 1. The molecule has 0 saturated carbocycles. The lowest BCUT2D eigenvalue weighted by atomic mass is 9.98. The molecule has 0 bridgehead atoms. The van der Waals surface area contributed by atoms with E-state index in [4.69, 9.17) is 4.74 Å². The van der Waals surface area contributed by atoms with Gasteiger partial charge in [0.2, 0.25) is 5.91 Å². The van der Waals surface area contributed by atoms with Crippen LogP contribution < -0.4 is 10.6 Å². The van der Waals surface area contributed by atoms with E-state index in [1.807, 2.05) is 36.4 Å². The molecule has 4 rings (SSSR count). The SMILES string of the molecule is CCC(NC(=O)OCC1c2ccccc2-c2ccccc21)C(=O)Nc1c(Br)cccc1C(=O)O. The Hall–Kier alpha value is -3.65. The summed E-state index contributed by atoms with van der Waals surface area (Å²) >= 11 is 3.26. The van der Waals surface area contributed by atoms with E-state index in [9.17, 15) is 19.5 Å². The van der Waals surface area contributed by atoms with Gasteiger partial charge in [0.05, 0.1) is 11.3 Å². The van der Waals surface area contributed by atoms with E-state index in [0.29, 0.717) is 10.9 Å². The molecule has 8 heteroatoms. The highest BCUT2D eigenvalue weighted by molar-refractivity contribution is 9.10. The van der Waals surface area contributed by atoms with Gasteiger partial charge in [-0.3, -0.25) is 4.79 Å². The van der Waals surface area contributed by atoms with Crippen LogP contribution in [-0.4, -0.2) is 35.7 Å². The van der Waals surface area contributed by atoms with Gasteiger partial charge < -0.3 is 20.5 Å². The molecule has 7 nitrogen and oxygen atoms in total. The smallest absolute Gasteiger partial charge is 0.407 e. The lowest BCUT2D eigenvalue weighted by Gasteiger charge is -2.19. The van der Waals surface area contributed by atoms with E-state index in [1.54, 1.807) is 19.1 Å². The number of aromatic carboxylic acids is 1. The van der Waals surface area contributed by atoms with Crippen LogP contribution in [0, 0.1) is 0 Å². The zero-order valence-corrected chi connectivity index (χ0v) is 20.0. The minimum absolute atomic E-state index is 0.0567. The number of carbonyl (C=O) groups is 3. The van der Waals surface area contributed by atoms with Crippen LogP contribution in [0.25, 0.3) is 11.1 Å². The summed E-state index contributed by atoms with van der Waals surface area (Å²) in [4.78, 5) is 36.9. The average molecular weight is 523 g/mol. The second-order valence-electron chi connectivity index (χ2n) is 7.89. The largest absolute Gasteiger partial charge is 0.478 e. The van der Waals surface area contributed by atoms with E-state index >= 15 is 0 Å². The Balaban J connectivity index is 1.42. The molecule has 0 fully saturated rings. The van der Waals surface area contributed by atoms with Crippen molar-refractivity contribution in [2.45, 2.75) is 25.3 Å². The number of carboxylic acids is 1. The fraction of sp³-hybridized carbons (Fsp3) is 0.192. The summed E-state index contributed by atoms with van der Waals surface area (Å²) in [5, 5.41) is 14.6. The molecule has 0 heterocycles. The summed E-state index contributed by atoms with van der Waals surface area (Å²) in [6, 6.07) is 19.7. The van der Waals surface area contributed by atoms with E-state index in [2.05, 4.69) is 38.7 Å². The number of hydrogen-bond donors (Lipinski definition) is 3. The van der Waals surface area contributed by atoms with Crippen molar-refractivity contribution < 1.29 is 24.2 Å². The molecule has 1 aliphatic rings. The van der Waals surface area contributed by atoms with Gasteiger partial charge in [0, 0.05) is 10.4 Å². The maximum absolute atomic E-state index is 12.8. The van der Waals surface area contributed by atoms with Gasteiger partial charge in [-0.1, -0.05) is 61.5 Å². The highest BCUT2D eigenvalue weighted by atomic mass is 79.9. The van der Waals surface area contributed by atoms with E-state index in [0.717, 1.165) is 22.3 Å². The zero-order valence-electron chi connectivity index (χ0n) is 18.4. The molecule has 3 aromatic carbocycles. The first kappa shape index (κ1) is 23.5. The first-order valence-corrected chi connectivity index (χ1v) is 11.6. The second-order valence-corrected chi connectivity index (χ2v) is 8.74. The normalized spacial score (nSPS) is 12.9. The van der Waals surface area contributed by atoms with Crippen LogP contribution in [0.15, 0.2) is 71.2 Å². The first-order chi connectivity index (χ1) is 16.4. The van der Waals surface area contributed by atoms with Gasteiger partial charge in [0.1, 0.15) is 12.6 Å². The van der Waals surface area contributed by atoms with Crippen LogP contribution in [-0.2, 0) is 9.53 Å². The van der Waals surface area contributed by atoms with Gasteiger partial charge in [0.25, 0.3) is 0 Å². The molecule has 0 saturated heterocycles. The monoisotopic (exact) mass is 522 g/mol. The summed E-state index contributed by atoms with van der Waals surface area (Å²) in [6.07, 6.45) is -0.419. The lowest BCUT2D eigenvalue weighted by molar-refractivity contribution is -0.118. The molecule has 1 unspecified atom stereocenters. The average Bonchev–Trinajstić information content (AvgIpc) is 3.16. The van der Waals surface area contributed by atoms with Crippen molar-refractivity contribution in [3.63, 3.8) is 0 Å². The quantitative estimate of drug-likeness (QED) is 0.385. The Morgan fingerprint density at radius 2 is 1.59 bits per heavy atom. The summed E-state index contributed by atoms with van der Waals surface area (Å²) in [7, 11) is 0. The third kappa shape index (κ3) is 4.68. The number of nitrogens with one attached hydrogen (secondary N) is 2. The van der Waals surface area contributed by atoms with Crippen LogP contribution in [0.2, 0.25) is 0 Å². The highest BCUT2D eigenvalue weighted by Gasteiger charge is 2.30. The van der Waals surface area contributed by atoms with Crippen molar-refractivity contribution in [2.75, 3.05) is 11.9 Å². The van der Waals surface area contributed by atoms with Crippen molar-refractivity contribution in [1.82, 2.24) is 5.32 Å². The third-order valence-electron chi connectivity index (χ3n) is 5.85. The molecule has 174 valence electrons. The number of fused-ring (bicyclic) bond motifs is 3. The van der Waals surface area contributed by atoms with Crippen molar-refractivity contribution in [1.29, 1.82) is 0 Å². The molecule has 2 amide bonds. The molecule has 34 heavy (non-hydrogen) atoms. The fourth-order valence-corrected chi connectivity index (χ4v) is 4.64. The number of anilines is 1. The van der Waals surface area contributed by atoms with Crippen molar-refractivity contribution in [2.24, 2.45) is 0 Å². The molecule has 0 aliphatic heterocycles. The van der Waals surface area contributed by atoms with Gasteiger partial charge >= 0.3 is 12.1 Å². The topological polar surface area (TPSA) is 105 Å². The van der Waals surface area contributed by atoms with E-state index in [-0.39, 0.29) is 23.8 Å². The fourth-order valence-electron chi connectivity index (χ4n) is 4.18. The number of carbonyl (C=O) groups excluding carboxylic acids is 2. The van der Waals surface area contributed by atoms with Crippen LogP contribution >= 0.6 is 15.9 Å². The standard InChI is InChI=1S/C26H23BrN2O5/c1-2-22(24(30)29-23-19(25(31)32)12-7-13-21(23)27)28-26(33)34-14-20-17-10-5-3-8-15(17)16-9-4-6-11-18(16)20/h3-13,20,22H,2,14H2,1H3,(H,28,33)(H,29,30)(H,31,32). The Labute approximate surface area is 205 Å². The zero-order chi connectivity index (χ0) is 24.2. The maximum atomic E-state index is 12.8. The predicted octanol–water partition coefficient (Wildman–Crippen LogP) is 5.40. The van der Waals surface area contributed by atoms with Gasteiger partial charge in [-0.15, -0.1) is 0 Å². The molecular weight excluding hydrogens is 500 g/mol. The number of benzene rings is 3.